The van der Waals surface area contributed by atoms with Crippen molar-refractivity contribution in [1.82, 2.24) is 5.32 Å². The Balaban J connectivity index is 1.47. The zero-order chi connectivity index (χ0) is 21.1. The third-order valence-electron chi connectivity index (χ3n) is 5.24. The lowest BCUT2D eigenvalue weighted by molar-refractivity contribution is -0.384. The first-order valence-corrected chi connectivity index (χ1v) is 10.3. The van der Waals surface area contributed by atoms with Crippen LogP contribution in [0.15, 0.2) is 30.3 Å². The summed E-state index contributed by atoms with van der Waals surface area (Å²) in [6, 6.07) is 8.12. The van der Waals surface area contributed by atoms with Gasteiger partial charge in [-0.1, -0.05) is 11.6 Å². The van der Waals surface area contributed by atoms with Gasteiger partial charge in [0, 0.05) is 31.8 Å². The number of carbonyl (C=O) groups is 1. The molecule has 0 atom stereocenters. The molecule has 1 N–H and O–H groups in total. The van der Waals surface area contributed by atoms with Gasteiger partial charge >= 0.3 is 0 Å². The third-order valence-corrected chi connectivity index (χ3v) is 5.52. The van der Waals surface area contributed by atoms with Crippen LogP contribution in [0.3, 0.4) is 0 Å². The Morgan fingerprint density at radius 3 is 2.70 bits per heavy atom. The number of benzene rings is 2. The average molecular weight is 432 g/mol. The summed E-state index contributed by atoms with van der Waals surface area (Å²) < 4.78 is 11.1. The summed E-state index contributed by atoms with van der Waals surface area (Å²) >= 11 is 6.26. The number of nitrogens with zero attached hydrogens (tertiary/aromatic N) is 2. The highest BCUT2D eigenvalue weighted by molar-refractivity contribution is 6.32. The molecular formula is C21H22ClN3O5. The molecule has 1 fully saturated rings. The molecule has 2 heterocycles. The summed E-state index contributed by atoms with van der Waals surface area (Å²) in [4.78, 5) is 25.7. The largest absolute Gasteiger partial charge is 0.486 e. The maximum atomic E-state index is 12.9. The molecule has 0 aromatic heterocycles. The van der Waals surface area contributed by atoms with Crippen LogP contribution in [-0.4, -0.2) is 43.7 Å². The Hall–Kier alpha value is -3.00. The number of anilines is 1. The SMILES string of the molecule is O=C(NCCc1cc(Cl)c2c(c1)OCCO2)c1cc([N+](=O)[O-])ccc1N1CCCC1. The van der Waals surface area contributed by atoms with E-state index in [-0.39, 0.29) is 11.6 Å². The van der Waals surface area contributed by atoms with Crippen molar-refractivity contribution >= 4 is 28.9 Å². The van der Waals surface area contributed by atoms with Gasteiger partial charge in [0.2, 0.25) is 0 Å². The fraction of sp³-hybridized carbons (Fsp3) is 0.381. The van der Waals surface area contributed by atoms with Crippen molar-refractivity contribution < 1.29 is 19.2 Å². The lowest BCUT2D eigenvalue weighted by Crippen LogP contribution is -2.29. The second kappa shape index (κ2) is 8.79. The molecule has 0 aliphatic carbocycles. The van der Waals surface area contributed by atoms with Crippen LogP contribution in [0.2, 0.25) is 5.02 Å². The molecule has 8 nitrogen and oxygen atoms in total. The van der Waals surface area contributed by atoms with E-state index < -0.39 is 4.92 Å². The summed E-state index contributed by atoms with van der Waals surface area (Å²) in [5.41, 5.74) is 1.87. The molecule has 1 amide bonds. The molecule has 2 aliphatic heterocycles. The molecule has 2 aromatic rings. The van der Waals surface area contributed by atoms with Crippen molar-refractivity contribution in [2.24, 2.45) is 0 Å². The number of hydrogen-bond donors (Lipinski definition) is 1. The number of rotatable bonds is 6. The molecule has 0 radical (unpaired) electrons. The van der Waals surface area contributed by atoms with Crippen LogP contribution in [-0.2, 0) is 6.42 Å². The van der Waals surface area contributed by atoms with Crippen molar-refractivity contribution in [3.8, 4) is 11.5 Å². The number of non-ortho nitro benzene ring substituents is 1. The van der Waals surface area contributed by atoms with E-state index in [1.165, 1.54) is 12.1 Å². The van der Waals surface area contributed by atoms with E-state index in [0.29, 0.717) is 48.3 Å². The van der Waals surface area contributed by atoms with Crippen LogP contribution < -0.4 is 19.7 Å². The van der Waals surface area contributed by atoms with Crippen molar-refractivity contribution in [1.29, 1.82) is 0 Å². The number of carbonyl (C=O) groups excluding carboxylic acids is 1. The van der Waals surface area contributed by atoms with E-state index in [2.05, 4.69) is 10.2 Å². The topological polar surface area (TPSA) is 93.9 Å². The predicted molar refractivity (Wildman–Crippen MR) is 113 cm³/mol. The summed E-state index contributed by atoms with van der Waals surface area (Å²) in [6.07, 6.45) is 2.63. The Labute approximate surface area is 178 Å². The Bertz CT molecular complexity index is 975. The number of amides is 1. The molecule has 0 saturated carbocycles. The number of nitro groups is 1. The lowest BCUT2D eigenvalue weighted by atomic mass is 10.1. The van der Waals surface area contributed by atoms with E-state index in [1.54, 1.807) is 12.1 Å². The van der Waals surface area contributed by atoms with Crippen LogP contribution in [0.1, 0.15) is 28.8 Å². The van der Waals surface area contributed by atoms with Crippen molar-refractivity contribution in [3.05, 3.63) is 56.6 Å². The lowest BCUT2D eigenvalue weighted by Gasteiger charge is -2.21. The molecule has 30 heavy (non-hydrogen) atoms. The Morgan fingerprint density at radius 2 is 1.93 bits per heavy atom. The van der Waals surface area contributed by atoms with Gasteiger partial charge in [0.05, 0.1) is 21.2 Å². The van der Waals surface area contributed by atoms with Gasteiger partial charge in [0.1, 0.15) is 13.2 Å². The number of halogens is 1. The van der Waals surface area contributed by atoms with E-state index in [4.69, 9.17) is 21.1 Å². The third kappa shape index (κ3) is 4.28. The highest BCUT2D eigenvalue weighted by Crippen LogP contribution is 2.38. The van der Waals surface area contributed by atoms with E-state index >= 15 is 0 Å². The van der Waals surface area contributed by atoms with Gasteiger partial charge in [-0.3, -0.25) is 14.9 Å². The minimum Gasteiger partial charge on any atom is -0.486 e. The molecule has 2 aromatic carbocycles. The molecule has 4 rings (SSSR count). The summed E-state index contributed by atoms with van der Waals surface area (Å²) in [7, 11) is 0. The maximum Gasteiger partial charge on any atom is 0.270 e. The van der Waals surface area contributed by atoms with Gasteiger partial charge in [-0.15, -0.1) is 0 Å². The first-order chi connectivity index (χ1) is 14.5. The fourth-order valence-electron chi connectivity index (χ4n) is 3.78. The molecule has 2 aliphatic rings. The van der Waals surface area contributed by atoms with Crippen LogP contribution in [0.4, 0.5) is 11.4 Å². The van der Waals surface area contributed by atoms with Gasteiger partial charge in [0.25, 0.3) is 11.6 Å². The quantitative estimate of drug-likeness (QED) is 0.554. The molecule has 0 spiro atoms. The standard InChI is InChI=1S/C21H22ClN3O5/c22-17-11-14(12-19-20(17)30-10-9-29-19)5-6-23-21(26)16-13-15(25(27)28)3-4-18(16)24-7-1-2-8-24/h3-4,11-13H,1-2,5-10H2,(H,23,26). The zero-order valence-electron chi connectivity index (χ0n) is 16.4. The second-order valence-corrected chi connectivity index (χ2v) is 7.67. The molecule has 0 unspecified atom stereocenters. The first-order valence-electron chi connectivity index (χ1n) is 9.92. The highest BCUT2D eigenvalue weighted by atomic mass is 35.5. The van der Waals surface area contributed by atoms with E-state index in [0.717, 1.165) is 37.2 Å². The molecule has 1 saturated heterocycles. The van der Waals surface area contributed by atoms with Crippen molar-refractivity contribution in [2.45, 2.75) is 19.3 Å². The minimum absolute atomic E-state index is 0.0956. The molecule has 158 valence electrons. The van der Waals surface area contributed by atoms with Gasteiger partial charge in [-0.25, -0.2) is 0 Å². The van der Waals surface area contributed by atoms with E-state index in [1.807, 2.05) is 6.07 Å². The first kappa shape index (κ1) is 20.3. The Morgan fingerprint density at radius 1 is 1.17 bits per heavy atom. The van der Waals surface area contributed by atoms with Crippen molar-refractivity contribution in [2.75, 3.05) is 37.7 Å². The molecule has 0 bridgehead atoms. The van der Waals surface area contributed by atoms with Gasteiger partial charge in [-0.2, -0.15) is 0 Å². The van der Waals surface area contributed by atoms with Crippen molar-refractivity contribution in [3.63, 3.8) is 0 Å². The normalized spacial score (nSPS) is 15.2. The number of hydrogen-bond acceptors (Lipinski definition) is 6. The fourth-order valence-corrected chi connectivity index (χ4v) is 4.07. The highest BCUT2D eigenvalue weighted by Gasteiger charge is 2.22. The second-order valence-electron chi connectivity index (χ2n) is 7.26. The van der Waals surface area contributed by atoms with Crippen LogP contribution in [0, 0.1) is 10.1 Å². The average Bonchev–Trinajstić information content (AvgIpc) is 3.28. The molecule has 9 heteroatoms. The van der Waals surface area contributed by atoms with Gasteiger partial charge in [0.15, 0.2) is 11.5 Å². The number of ether oxygens (including phenoxy) is 2. The van der Waals surface area contributed by atoms with Crippen LogP contribution in [0.5, 0.6) is 11.5 Å². The number of fused-ring (bicyclic) bond motifs is 1. The van der Waals surface area contributed by atoms with Gasteiger partial charge < -0.3 is 19.7 Å². The minimum atomic E-state index is -0.484. The van der Waals surface area contributed by atoms with Gasteiger partial charge in [-0.05, 0) is 43.0 Å². The van der Waals surface area contributed by atoms with Crippen LogP contribution in [0.25, 0.3) is 0 Å². The maximum absolute atomic E-state index is 12.9. The number of nitro benzene ring substituents is 1. The summed E-state index contributed by atoms with van der Waals surface area (Å²) in [5, 5.41) is 14.5. The Kier molecular flexibility index (Phi) is 5.94. The smallest absolute Gasteiger partial charge is 0.270 e. The monoisotopic (exact) mass is 431 g/mol. The molecular weight excluding hydrogens is 410 g/mol. The number of nitrogens with one attached hydrogen (secondary N) is 1. The summed E-state index contributed by atoms with van der Waals surface area (Å²) in [5.74, 6) is 0.817. The zero-order valence-corrected chi connectivity index (χ0v) is 17.1. The predicted octanol–water partition coefficient (Wildman–Crippen LogP) is 3.59. The van der Waals surface area contributed by atoms with Crippen LogP contribution >= 0.6 is 11.6 Å². The summed E-state index contributed by atoms with van der Waals surface area (Å²) in [6.45, 7) is 2.97. The van der Waals surface area contributed by atoms with E-state index in [9.17, 15) is 14.9 Å².